The van der Waals surface area contributed by atoms with Crippen LogP contribution in [-0.4, -0.2) is 18.9 Å². The molecule has 0 N–H and O–H groups in total. The highest BCUT2D eigenvalue weighted by molar-refractivity contribution is 7.59. The van der Waals surface area contributed by atoms with Crippen LogP contribution in [0.25, 0.3) is 0 Å². The Hall–Kier alpha value is 0.190. The summed E-state index contributed by atoms with van der Waals surface area (Å²) >= 11 is 0. The van der Waals surface area contributed by atoms with Gasteiger partial charge in [0, 0.05) is 12.3 Å². The van der Waals surface area contributed by atoms with E-state index in [9.17, 15) is 4.57 Å². The van der Waals surface area contributed by atoms with Gasteiger partial charge in [0.25, 0.3) is 0 Å². The van der Waals surface area contributed by atoms with Crippen LogP contribution in [0.3, 0.4) is 0 Å². The van der Waals surface area contributed by atoms with E-state index in [2.05, 4.69) is 20.8 Å². The molecule has 16 heavy (non-hydrogen) atoms. The molecule has 1 aliphatic rings. The average Bonchev–Trinajstić information content (AvgIpc) is 2.52. The van der Waals surface area contributed by atoms with E-state index < -0.39 is 7.37 Å². The van der Waals surface area contributed by atoms with Crippen LogP contribution in [-0.2, 0) is 9.09 Å². The molecule has 0 aliphatic carbocycles. The summed E-state index contributed by atoms with van der Waals surface area (Å²) in [4.78, 5) is 0. The fraction of sp³-hybridized carbons (Fsp3) is 1.00. The molecule has 1 rings (SSSR count). The van der Waals surface area contributed by atoms with Crippen LogP contribution < -0.4 is 0 Å². The van der Waals surface area contributed by atoms with E-state index in [1.807, 2.05) is 0 Å². The molecule has 0 radical (unpaired) electrons. The maximum Gasteiger partial charge on any atom is 0.203 e. The molecule has 0 bridgehead atoms. The smallest absolute Gasteiger partial charge is 0.203 e. The molecule has 0 aromatic heterocycles. The van der Waals surface area contributed by atoms with E-state index in [1.165, 1.54) is 19.3 Å². The van der Waals surface area contributed by atoms with Gasteiger partial charge in [-0.15, -0.1) is 0 Å². The predicted molar refractivity (Wildman–Crippen MR) is 70.4 cm³/mol. The Morgan fingerprint density at radius 3 is 2.62 bits per heavy atom. The molecular formula is C13H27O2P. The van der Waals surface area contributed by atoms with E-state index in [4.69, 9.17) is 4.52 Å². The van der Waals surface area contributed by atoms with Crippen molar-refractivity contribution in [1.82, 2.24) is 0 Å². The van der Waals surface area contributed by atoms with Gasteiger partial charge >= 0.3 is 0 Å². The molecule has 2 nitrogen and oxygen atoms in total. The van der Waals surface area contributed by atoms with Crippen molar-refractivity contribution in [2.75, 3.05) is 18.9 Å². The number of hydrogen-bond donors (Lipinski definition) is 0. The SMILES string of the molecule is CC(C)CCCCCOP1(=O)CCC(C)C1. The Balaban J connectivity index is 2.01. The van der Waals surface area contributed by atoms with Gasteiger partial charge in [-0.05, 0) is 24.7 Å². The number of hydrogen-bond acceptors (Lipinski definition) is 2. The first-order valence-corrected chi connectivity index (χ1v) is 8.74. The molecule has 1 fully saturated rings. The molecule has 0 saturated carbocycles. The third kappa shape index (κ3) is 5.50. The Labute approximate surface area is 101 Å². The second-order valence-electron chi connectivity index (χ2n) is 5.69. The lowest BCUT2D eigenvalue weighted by molar-refractivity contribution is 0.303. The van der Waals surface area contributed by atoms with Gasteiger partial charge < -0.3 is 4.52 Å². The van der Waals surface area contributed by atoms with E-state index >= 15 is 0 Å². The standard InChI is InChI=1S/C13H27O2P/c1-12(2)7-5-4-6-9-15-16(14)10-8-13(3)11-16/h12-13H,4-11H2,1-3H3. The van der Waals surface area contributed by atoms with Crippen molar-refractivity contribution in [1.29, 1.82) is 0 Å². The van der Waals surface area contributed by atoms with Crippen LogP contribution in [0.5, 0.6) is 0 Å². The zero-order valence-electron chi connectivity index (χ0n) is 11.1. The fourth-order valence-corrected chi connectivity index (χ4v) is 5.10. The first-order chi connectivity index (χ1) is 7.52. The van der Waals surface area contributed by atoms with Gasteiger partial charge in [-0.1, -0.05) is 40.0 Å². The first-order valence-electron chi connectivity index (χ1n) is 6.74. The summed E-state index contributed by atoms with van der Waals surface area (Å²) in [6.07, 6.45) is 7.60. The lowest BCUT2D eigenvalue weighted by Crippen LogP contribution is -1.97. The van der Waals surface area contributed by atoms with Crippen LogP contribution in [0, 0.1) is 11.8 Å². The zero-order chi connectivity index (χ0) is 12.0. The van der Waals surface area contributed by atoms with Crippen molar-refractivity contribution in [3.05, 3.63) is 0 Å². The van der Waals surface area contributed by atoms with Crippen molar-refractivity contribution in [3.63, 3.8) is 0 Å². The van der Waals surface area contributed by atoms with Crippen LogP contribution in [0.2, 0.25) is 0 Å². The largest absolute Gasteiger partial charge is 0.328 e. The van der Waals surface area contributed by atoms with Crippen molar-refractivity contribution < 1.29 is 9.09 Å². The topological polar surface area (TPSA) is 26.3 Å². The van der Waals surface area contributed by atoms with Crippen molar-refractivity contribution in [2.24, 2.45) is 11.8 Å². The normalized spacial score (nSPS) is 30.1. The molecule has 3 heteroatoms. The minimum Gasteiger partial charge on any atom is -0.328 e. The second kappa shape index (κ2) is 6.81. The molecule has 1 heterocycles. The van der Waals surface area contributed by atoms with Gasteiger partial charge in [0.1, 0.15) is 0 Å². The summed E-state index contributed by atoms with van der Waals surface area (Å²) in [7, 11) is -2.19. The molecule has 1 aliphatic heterocycles. The predicted octanol–water partition coefficient (Wildman–Crippen LogP) is 4.54. The highest BCUT2D eigenvalue weighted by Crippen LogP contribution is 2.55. The van der Waals surface area contributed by atoms with Gasteiger partial charge in [0.15, 0.2) is 0 Å². The molecule has 0 spiro atoms. The summed E-state index contributed by atoms with van der Waals surface area (Å²) in [6, 6.07) is 0. The average molecular weight is 246 g/mol. The Morgan fingerprint density at radius 1 is 1.31 bits per heavy atom. The maximum atomic E-state index is 12.1. The lowest BCUT2D eigenvalue weighted by atomic mass is 10.1. The number of rotatable bonds is 7. The van der Waals surface area contributed by atoms with E-state index in [-0.39, 0.29) is 0 Å². The Morgan fingerprint density at radius 2 is 2.06 bits per heavy atom. The van der Waals surface area contributed by atoms with E-state index in [0.717, 1.165) is 31.1 Å². The molecule has 2 atom stereocenters. The maximum absolute atomic E-state index is 12.1. The fourth-order valence-electron chi connectivity index (χ4n) is 2.25. The third-order valence-corrected chi connectivity index (χ3v) is 6.08. The molecule has 0 aromatic rings. The Bertz CT molecular complexity index is 238. The molecule has 1 saturated heterocycles. The summed E-state index contributed by atoms with van der Waals surface area (Å²) in [6.45, 7) is 7.40. The van der Waals surface area contributed by atoms with Gasteiger partial charge in [0.05, 0.1) is 6.61 Å². The van der Waals surface area contributed by atoms with Gasteiger partial charge in [-0.25, -0.2) is 0 Å². The van der Waals surface area contributed by atoms with Gasteiger partial charge in [-0.2, -0.15) is 0 Å². The minimum absolute atomic E-state index is 0.603. The Kier molecular flexibility index (Phi) is 6.07. The van der Waals surface area contributed by atoms with Crippen molar-refractivity contribution >= 4 is 7.37 Å². The van der Waals surface area contributed by atoms with E-state index in [1.54, 1.807) is 0 Å². The van der Waals surface area contributed by atoms with Crippen LogP contribution in [0.15, 0.2) is 0 Å². The summed E-state index contributed by atoms with van der Waals surface area (Å²) < 4.78 is 17.8. The van der Waals surface area contributed by atoms with Gasteiger partial charge in [-0.3, -0.25) is 4.57 Å². The van der Waals surface area contributed by atoms with E-state index in [0.29, 0.717) is 12.5 Å². The highest BCUT2D eigenvalue weighted by atomic mass is 31.2. The summed E-state index contributed by atoms with van der Waals surface area (Å²) in [5.41, 5.74) is 0. The first kappa shape index (κ1) is 14.3. The molecule has 0 amide bonds. The van der Waals surface area contributed by atoms with Crippen LogP contribution >= 0.6 is 7.37 Å². The minimum atomic E-state index is -2.19. The number of unbranched alkanes of at least 4 members (excludes halogenated alkanes) is 2. The van der Waals surface area contributed by atoms with Crippen molar-refractivity contribution in [3.8, 4) is 0 Å². The lowest BCUT2D eigenvalue weighted by Gasteiger charge is -2.12. The molecule has 2 unspecified atom stereocenters. The van der Waals surface area contributed by atoms with Crippen LogP contribution in [0.4, 0.5) is 0 Å². The second-order valence-corrected chi connectivity index (χ2v) is 8.39. The summed E-state index contributed by atoms with van der Waals surface area (Å²) in [5.74, 6) is 1.40. The van der Waals surface area contributed by atoms with Crippen LogP contribution in [0.1, 0.15) is 52.9 Å². The van der Waals surface area contributed by atoms with Crippen molar-refractivity contribution in [2.45, 2.75) is 52.9 Å². The summed E-state index contributed by atoms with van der Waals surface area (Å²) in [5, 5.41) is 0. The third-order valence-electron chi connectivity index (χ3n) is 3.30. The molecule has 96 valence electrons. The zero-order valence-corrected chi connectivity index (χ0v) is 12.0. The monoisotopic (exact) mass is 246 g/mol. The van der Waals surface area contributed by atoms with Gasteiger partial charge in [0.2, 0.25) is 7.37 Å². The molecular weight excluding hydrogens is 219 g/mol. The highest BCUT2D eigenvalue weighted by Gasteiger charge is 2.32. The molecule has 0 aromatic carbocycles. The quantitative estimate of drug-likeness (QED) is 0.487.